The van der Waals surface area contributed by atoms with E-state index in [1.165, 1.54) is 20.9 Å². The minimum atomic E-state index is 0.0469. The van der Waals surface area contributed by atoms with Crippen LogP contribution in [0.25, 0.3) is 0 Å². The monoisotopic (exact) mass is 424 g/mol. The van der Waals surface area contributed by atoms with Crippen LogP contribution in [0.3, 0.4) is 0 Å². The minimum absolute atomic E-state index is 0.0469. The van der Waals surface area contributed by atoms with Crippen molar-refractivity contribution in [1.82, 2.24) is 0 Å². The van der Waals surface area contributed by atoms with Gasteiger partial charge in [-0.3, -0.25) is 4.79 Å². The van der Waals surface area contributed by atoms with E-state index in [1.54, 1.807) is 12.1 Å². The fraction of sp³-hybridized carbons (Fsp3) is 0.167. The molecule has 2 nitrogen and oxygen atoms in total. The van der Waals surface area contributed by atoms with Crippen LogP contribution < -0.4 is 4.74 Å². The molecule has 0 heterocycles. The van der Waals surface area contributed by atoms with Crippen LogP contribution in [0.15, 0.2) is 61.2 Å². The highest BCUT2D eigenvalue weighted by Gasteiger charge is 2.12. The van der Waals surface area contributed by atoms with Gasteiger partial charge in [0.25, 0.3) is 0 Å². The molecule has 0 N–H and O–H groups in total. The van der Waals surface area contributed by atoms with Crippen LogP contribution >= 0.6 is 34.4 Å². The van der Waals surface area contributed by atoms with E-state index < -0.39 is 0 Å². The van der Waals surface area contributed by atoms with Gasteiger partial charge in [0.15, 0.2) is 0 Å². The van der Waals surface area contributed by atoms with Crippen LogP contribution in [0.5, 0.6) is 5.75 Å². The molecule has 0 saturated heterocycles. The predicted octanol–water partition coefficient (Wildman–Crippen LogP) is 4.97. The molecule has 2 rings (SSSR count). The summed E-state index contributed by atoms with van der Waals surface area (Å²) < 4.78 is 6.78. The largest absolute Gasteiger partial charge is 0.489 e. The Balaban J connectivity index is 1.95. The Labute approximate surface area is 149 Å². The number of benzene rings is 2. The van der Waals surface area contributed by atoms with E-state index in [0.717, 1.165) is 12.2 Å². The molecule has 0 aliphatic rings. The number of carbonyl (C=O) groups excluding carboxylic acids is 1. The van der Waals surface area contributed by atoms with Crippen LogP contribution in [-0.2, 0) is 6.42 Å². The average molecular weight is 424 g/mol. The Hall–Kier alpha value is -1.27. The standard InChI is InChI=1S/C18H17IO2S/c1-2-12-21-17-10-6-4-8-15(17)18(20)22-13-11-14-7-3-5-9-16(14)19/h2-10H,1,11-13H2. The van der Waals surface area contributed by atoms with E-state index in [9.17, 15) is 4.79 Å². The molecular formula is C18H17IO2S. The predicted molar refractivity (Wildman–Crippen MR) is 102 cm³/mol. The van der Waals surface area contributed by atoms with Gasteiger partial charge in [-0.15, -0.1) is 0 Å². The number of thioether (sulfide) groups is 1. The van der Waals surface area contributed by atoms with Gasteiger partial charge in [0, 0.05) is 9.32 Å². The lowest BCUT2D eigenvalue weighted by Crippen LogP contribution is -2.03. The van der Waals surface area contributed by atoms with Crippen molar-refractivity contribution in [2.45, 2.75) is 6.42 Å². The lowest BCUT2D eigenvalue weighted by Gasteiger charge is -2.09. The third-order valence-electron chi connectivity index (χ3n) is 3.03. The molecule has 2 aromatic rings. The number of hydrogen-bond donors (Lipinski definition) is 0. The summed E-state index contributed by atoms with van der Waals surface area (Å²) in [5.41, 5.74) is 1.90. The molecule has 0 amide bonds. The quantitative estimate of drug-likeness (QED) is 0.464. The van der Waals surface area contributed by atoms with Crippen LogP contribution in [0.1, 0.15) is 15.9 Å². The number of ether oxygens (including phenoxy) is 1. The third kappa shape index (κ3) is 4.88. The summed E-state index contributed by atoms with van der Waals surface area (Å²) in [6, 6.07) is 15.6. The topological polar surface area (TPSA) is 26.3 Å². The van der Waals surface area contributed by atoms with Crippen molar-refractivity contribution in [3.05, 3.63) is 75.9 Å². The first-order valence-corrected chi connectivity index (χ1v) is 9.02. The molecule has 0 radical (unpaired) electrons. The number of para-hydroxylation sites is 1. The molecule has 0 aromatic heterocycles. The van der Waals surface area contributed by atoms with Gasteiger partial charge in [0.1, 0.15) is 12.4 Å². The van der Waals surface area contributed by atoms with Gasteiger partial charge in [0.2, 0.25) is 5.12 Å². The van der Waals surface area contributed by atoms with E-state index in [1.807, 2.05) is 30.3 Å². The summed E-state index contributed by atoms with van der Waals surface area (Å²) in [4.78, 5) is 12.4. The normalized spacial score (nSPS) is 10.2. The van der Waals surface area contributed by atoms with Crippen LogP contribution in [0.2, 0.25) is 0 Å². The second-order valence-electron chi connectivity index (χ2n) is 4.57. The van der Waals surface area contributed by atoms with E-state index >= 15 is 0 Å². The van der Waals surface area contributed by atoms with Crippen LogP contribution in [0.4, 0.5) is 0 Å². The van der Waals surface area contributed by atoms with Gasteiger partial charge in [-0.25, -0.2) is 0 Å². The lowest BCUT2D eigenvalue weighted by atomic mass is 10.2. The molecule has 22 heavy (non-hydrogen) atoms. The number of rotatable bonds is 7. The zero-order valence-corrected chi connectivity index (χ0v) is 15.1. The van der Waals surface area contributed by atoms with Gasteiger partial charge < -0.3 is 4.74 Å². The zero-order valence-electron chi connectivity index (χ0n) is 12.1. The van der Waals surface area contributed by atoms with E-state index in [2.05, 4.69) is 41.3 Å². The molecular weight excluding hydrogens is 407 g/mol. The number of carbonyl (C=O) groups is 1. The second kappa shape index (κ2) is 9.00. The van der Waals surface area contributed by atoms with Crippen molar-refractivity contribution >= 4 is 39.5 Å². The Morgan fingerprint density at radius 2 is 1.91 bits per heavy atom. The van der Waals surface area contributed by atoms with Crippen molar-refractivity contribution in [1.29, 1.82) is 0 Å². The Kier molecular flexibility index (Phi) is 6.99. The molecule has 0 aliphatic heterocycles. The molecule has 0 bridgehead atoms. The summed E-state index contributed by atoms with van der Waals surface area (Å²) in [6.45, 7) is 4.03. The van der Waals surface area contributed by atoms with Gasteiger partial charge in [-0.2, -0.15) is 0 Å². The average Bonchev–Trinajstić information content (AvgIpc) is 2.55. The van der Waals surface area contributed by atoms with Crippen LogP contribution in [0, 0.1) is 3.57 Å². The molecule has 0 aliphatic carbocycles. The highest BCUT2D eigenvalue weighted by molar-refractivity contribution is 14.1. The van der Waals surface area contributed by atoms with Crippen molar-refractivity contribution < 1.29 is 9.53 Å². The van der Waals surface area contributed by atoms with E-state index in [-0.39, 0.29) is 5.12 Å². The maximum atomic E-state index is 12.4. The zero-order chi connectivity index (χ0) is 15.8. The SMILES string of the molecule is C=CCOc1ccccc1C(=O)SCCc1ccccc1I. The fourth-order valence-electron chi connectivity index (χ4n) is 1.94. The second-order valence-corrected chi connectivity index (χ2v) is 6.80. The smallest absolute Gasteiger partial charge is 0.223 e. The molecule has 0 unspecified atom stereocenters. The molecule has 2 aromatic carbocycles. The Morgan fingerprint density at radius 1 is 1.18 bits per heavy atom. The van der Waals surface area contributed by atoms with E-state index in [0.29, 0.717) is 17.9 Å². The maximum absolute atomic E-state index is 12.4. The van der Waals surface area contributed by atoms with Crippen molar-refractivity contribution in [3.63, 3.8) is 0 Å². The molecule has 114 valence electrons. The number of aryl methyl sites for hydroxylation is 1. The van der Waals surface area contributed by atoms with Gasteiger partial charge in [0.05, 0.1) is 5.56 Å². The maximum Gasteiger partial charge on any atom is 0.223 e. The lowest BCUT2D eigenvalue weighted by molar-refractivity contribution is 0.108. The first-order valence-electron chi connectivity index (χ1n) is 6.95. The molecule has 0 atom stereocenters. The molecule has 0 spiro atoms. The summed E-state index contributed by atoms with van der Waals surface area (Å²) in [5.74, 6) is 1.38. The molecule has 0 saturated carbocycles. The van der Waals surface area contributed by atoms with Gasteiger partial charge in [-0.1, -0.05) is 54.7 Å². The summed E-state index contributed by atoms with van der Waals surface area (Å²) in [5, 5.41) is 0.0469. The summed E-state index contributed by atoms with van der Waals surface area (Å²) in [7, 11) is 0. The van der Waals surface area contributed by atoms with Crippen molar-refractivity contribution in [2.75, 3.05) is 12.4 Å². The highest BCUT2D eigenvalue weighted by atomic mass is 127. The molecule has 4 heteroatoms. The van der Waals surface area contributed by atoms with Crippen molar-refractivity contribution in [3.8, 4) is 5.75 Å². The fourth-order valence-corrected chi connectivity index (χ4v) is 3.43. The third-order valence-corrected chi connectivity index (χ3v) is 4.97. The first-order chi connectivity index (χ1) is 10.7. The highest BCUT2D eigenvalue weighted by Crippen LogP contribution is 2.24. The Morgan fingerprint density at radius 3 is 2.68 bits per heavy atom. The van der Waals surface area contributed by atoms with Crippen molar-refractivity contribution in [2.24, 2.45) is 0 Å². The minimum Gasteiger partial charge on any atom is -0.489 e. The van der Waals surface area contributed by atoms with E-state index in [4.69, 9.17) is 4.74 Å². The van der Waals surface area contributed by atoms with Gasteiger partial charge in [-0.05, 0) is 52.8 Å². The Bertz CT molecular complexity index is 655. The first kappa shape index (κ1) is 17.1. The number of hydrogen-bond acceptors (Lipinski definition) is 3. The summed E-state index contributed by atoms with van der Waals surface area (Å²) >= 11 is 3.66. The van der Waals surface area contributed by atoms with Gasteiger partial charge >= 0.3 is 0 Å². The summed E-state index contributed by atoms with van der Waals surface area (Å²) in [6.07, 6.45) is 2.55. The van der Waals surface area contributed by atoms with Crippen LogP contribution in [-0.4, -0.2) is 17.5 Å². The molecule has 0 fully saturated rings. The number of halogens is 1.